The fourth-order valence-corrected chi connectivity index (χ4v) is 2.36. The van der Waals surface area contributed by atoms with E-state index in [1.807, 2.05) is 6.08 Å². The van der Waals surface area contributed by atoms with Crippen LogP contribution in [0, 0.1) is 5.92 Å². The molecule has 0 N–H and O–H groups in total. The van der Waals surface area contributed by atoms with E-state index in [1.165, 1.54) is 76.7 Å². The highest BCUT2D eigenvalue weighted by molar-refractivity contribution is 5.65. The van der Waals surface area contributed by atoms with Gasteiger partial charge in [0.05, 0.1) is 0 Å². The number of rotatable bonds is 14. The van der Waals surface area contributed by atoms with Crippen LogP contribution in [0.5, 0.6) is 0 Å². The summed E-state index contributed by atoms with van der Waals surface area (Å²) in [6.07, 6.45) is 21.4. The first-order valence-corrected chi connectivity index (χ1v) is 8.30. The highest BCUT2D eigenvalue weighted by atomic mass is 16.1. The Bertz CT molecular complexity index is 206. The van der Waals surface area contributed by atoms with Crippen molar-refractivity contribution < 1.29 is 4.79 Å². The number of hydrogen-bond acceptors (Lipinski definition) is 1. The molecular formula is C18H33O. The van der Waals surface area contributed by atoms with Crippen LogP contribution in [0.15, 0.2) is 12.2 Å². The van der Waals surface area contributed by atoms with Crippen LogP contribution in [0.25, 0.3) is 0 Å². The Morgan fingerprint density at radius 2 is 1.26 bits per heavy atom. The lowest BCUT2D eigenvalue weighted by molar-refractivity contribution is 0.505. The molecule has 1 nitrogen and oxygen atoms in total. The highest BCUT2D eigenvalue weighted by Gasteiger charge is 1.95. The summed E-state index contributed by atoms with van der Waals surface area (Å²) in [5, 5.41) is 0. The van der Waals surface area contributed by atoms with E-state index in [4.69, 9.17) is 0 Å². The van der Waals surface area contributed by atoms with Crippen LogP contribution >= 0.6 is 0 Å². The number of carbonyl (C=O) groups excluding carboxylic acids is 1. The molecule has 0 bridgehead atoms. The summed E-state index contributed by atoms with van der Waals surface area (Å²) in [5.74, 6) is 0.874. The van der Waals surface area contributed by atoms with Crippen molar-refractivity contribution in [3.05, 3.63) is 12.2 Å². The SMILES string of the molecule is CC(C)CCCCCCCCCCCCC=C[C]=O. The van der Waals surface area contributed by atoms with Crippen molar-refractivity contribution in [1.29, 1.82) is 0 Å². The van der Waals surface area contributed by atoms with Crippen LogP contribution in [-0.2, 0) is 4.79 Å². The Hall–Kier alpha value is -0.590. The van der Waals surface area contributed by atoms with Crippen molar-refractivity contribution in [2.75, 3.05) is 0 Å². The number of hydrogen-bond donors (Lipinski definition) is 0. The summed E-state index contributed by atoms with van der Waals surface area (Å²) >= 11 is 0. The van der Waals surface area contributed by atoms with Gasteiger partial charge in [-0.15, -0.1) is 0 Å². The summed E-state index contributed by atoms with van der Waals surface area (Å²) in [4.78, 5) is 9.93. The molecule has 0 heterocycles. The first-order chi connectivity index (χ1) is 9.27. The zero-order valence-electron chi connectivity index (χ0n) is 13.1. The monoisotopic (exact) mass is 265 g/mol. The molecule has 0 aliphatic heterocycles. The van der Waals surface area contributed by atoms with Crippen molar-refractivity contribution in [3.63, 3.8) is 0 Å². The Labute approximate surface area is 120 Å². The normalized spacial score (nSPS) is 11.5. The first-order valence-electron chi connectivity index (χ1n) is 8.30. The van der Waals surface area contributed by atoms with Gasteiger partial charge in [0.25, 0.3) is 0 Å². The summed E-state index contributed by atoms with van der Waals surface area (Å²) < 4.78 is 0. The number of unbranched alkanes of at least 4 members (excludes halogenated alkanes) is 10. The maximum absolute atomic E-state index is 9.93. The van der Waals surface area contributed by atoms with Gasteiger partial charge >= 0.3 is 0 Å². The van der Waals surface area contributed by atoms with Crippen molar-refractivity contribution in [2.24, 2.45) is 5.92 Å². The molecule has 0 amide bonds. The van der Waals surface area contributed by atoms with Crippen LogP contribution in [0.2, 0.25) is 0 Å². The summed E-state index contributed by atoms with van der Waals surface area (Å²) in [6, 6.07) is 0. The van der Waals surface area contributed by atoms with Crippen molar-refractivity contribution >= 4 is 6.29 Å². The van der Waals surface area contributed by atoms with E-state index < -0.39 is 0 Å². The molecule has 0 atom stereocenters. The molecule has 0 spiro atoms. The minimum atomic E-state index is 0.874. The third-order valence-electron chi connectivity index (χ3n) is 3.59. The Morgan fingerprint density at radius 1 is 0.789 bits per heavy atom. The van der Waals surface area contributed by atoms with Gasteiger partial charge in [-0.25, -0.2) is 0 Å². The molecule has 1 radical (unpaired) electrons. The second-order valence-corrected chi connectivity index (χ2v) is 6.03. The van der Waals surface area contributed by atoms with Gasteiger partial charge in [0.1, 0.15) is 0 Å². The van der Waals surface area contributed by atoms with Gasteiger partial charge in [-0.3, -0.25) is 4.79 Å². The van der Waals surface area contributed by atoms with Crippen LogP contribution in [-0.4, -0.2) is 6.29 Å². The maximum Gasteiger partial charge on any atom is 0.225 e. The Morgan fingerprint density at radius 3 is 1.74 bits per heavy atom. The summed E-state index contributed by atoms with van der Waals surface area (Å²) in [7, 11) is 0. The zero-order chi connectivity index (χ0) is 14.2. The molecule has 111 valence electrons. The molecule has 0 saturated heterocycles. The number of allylic oxidation sites excluding steroid dienone is 2. The third-order valence-corrected chi connectivity index (χ3v) is 3.59. The molecule has 0 unspecified atom stereocenters. The van der Waals surface area contributed by atoms with E-state index in [0.29, 0.717) is 0 Å². The zero-order valence-corrected chi connectivity index (χ0v) is 13.1. The average molecular weight is 265 g/mol. The Balaban J connectivity index is 2.99. The van der Waals surface area contributed by atoms with Crippen LogP contribution < -0.4 is 0 Å². The fourth-order valence-electron chi connectivity index (χ4n) is 2.36. The second-order valence-electron chi connectivity index (χ2n) is 6.03. The van der Waals surface area contributed by atoms with Crippen LogP contribution in [0.3, 0.4) is 0 Å². The average Bonchev–Trinajstić information content (AvgIpc) is 2.39. The lowest BCUT2D eigenvalue weighted by Crippen LogP contribution is -1.87. The molecule has 0 aliphatic carbocycles. The molecule has 0 aromatic carbocycles. The molecular weight excluding hydrogens is 232 g/mol. The topological polar surface area (TPSA) is 17.1 Å². The van der Waals surface area contributed by atoms with Crippen LogP contribution in [0.4, 0.5) is 0 Å². The molecule has 0 saturated carbocycles. The smallest absolute Gasteiger partial charge is 0.225 e. The maximum atomic E-state index is 9.93. The largest absolute Gasteiger partial charge is 0.286 e. The molecule has 0 aromatic rings. The van der Waals surface area contributed by atoms with Gasteiger partial charge in [-0.1, -0.05) is 84.1 Å². The van der Waals surface area contributed by atoms with E-state index in [1.54, 1.807) is 6.29 Å². The van der Waals surface area contributed by atoms with Crippen molar-refractivity contribution in [1.82, 2.24) is 0 Å². The molecule has 0 aromatic heterocycles. The Kier molecular flexibility index (Phi) is 15.0. The minimum absolute atomic E-state index is 0.874. The molecule has 0 fully saturated rings. The van der Waals surface area contributed by atoms with E-state index in [0.717, 1.165) is 12.3 Å². The second kappa shape index (κ2) is 15.5. The van der Waals surface area contributed by atoms with Gasteiger partial charge in [0.2, 0.25) is 6.29 Å². The van der Waals surface area contributed by atoms with Crippen LogP contribution in [0.1, 0.15) is 90.9 Å². The lowest BCUT2D eigenvalue weighted by Gasteiger charge is -2.04. The minimum Gasteiger partial charge on any atom is -0.286 e. The summed E-state index contributed by atoms with van der Waals surface area (Å²) in [5.41, 5.74) is 0. The predicted molar refractivity (Wildman–Crippen MR) is 85.1 cm³/mol. The van der Waals surface area contributed by atoms with Gasteiger partial charge in [-0.05, 0) is 24.8 Å². The van der Waals surface area contributed by atoms with Gasteiger partial charge in [-0.2, -0.15) is 0 Å². The summed E-state index contributed by atoms with van der Waals surface area (Å²) in [6.45, 7) is 4.63. The molecule has 1 heteroatoms. The first kappa shape index (κ1) is 18.4. The van der Waals surface area contributed by atoms with Crippen molar-refractivity contribution in [3.8, 4) is 0 Å². The van der Waals surface area contributed by atoms with Crippen molar-refractivity contribution in [2.45, 2.75) is 90.9 Å². The highest BCUT2D eigenvalue weighted by Crippen LogP contribution is 2.13. The lowest BCUT2D eigenvalue weighted by atomic mass is 10.0. The van der Waals surface area contributed by atoms with Gasteiger partial charge in [0.15, 0.2) is 0 Å². The fraction of sp³-hybridized carbons (Fsp3) is 0.833. The molecule has 19 heavy (non-hydrogen) atoms. The van der Waals surface area contributed by atoms with Gasteiger partial charge in [0, 0.05) is 0 Å². The standard InChI is InChI=1S/C18H33O/c1-18(2)16-14-12-10-8-6-4-3-5-7-9-11-13-15-17-19/h13,15,18H,3-12,14,16H2,1-2H3. The van der Waals surface area contributed by atoms with E-state index in [9.17, 15) is 4.79 Å². The van der Waals surface area contributed by atoms with Gasteiger partial charge < -0.3 is 0 Å². The molecule has 0 rings (SSSR count). The molecule has 0 aliphatic rings. The van der Waals surface area contributed by atoms with E-state index >= 15 is 0 Å². The quantitative estimate of drug-likeness (QED) is 0.278. The third kappa shape index (κ3) is 17.4. The van der Waals surface area contributed by atoms with E-state index in [2.05, 4.69) is 13.8 Å². The van der Waals surface area contributed by atoms with E-state index in [-0.39, 0.29) is 0 Å². The predicted octanol–water partition coefficient (Wildman–Crippen LogP) is 5.99.